The number of rotatable bonds is 10. The van der Waals surface area contributed by atoms with E-state index in [4.69, 9.17) is 30.2 Å². The molecule has 0 unspecified atom stereocenters. The van der Waals surface area contributed by atoms with Gasteiger partial charge >= 0.3 is 5.91 Å². The lowest BCUT2D eigenvalue weighted by Gasteiger charge is -2.18. The van der Waals surface area contributed by atoms with Crippen LogP contribution in [0.4, 0.5) is 0 Å². The molecule has 1 aromatic heterocycles. The second-order valence-electron chi connectivity index (χ2n) is 7.04. The van der Waals surface area contributed by atoms with Gasteiger partial charge in [0, 0.05) is 5.39 Å². The summed E-state index contributed by atoms with van der Waals surface area (Å²) < 4.78 is 22.6. The van der Waals surface area contributed by atoms with Crippen LogP contribution in [0.15, 0.2) is 45.9 Å². The zero-order chi connectivity index (χ0) is 23.1. The third kappa shape index (κ3) is 5.73. The minimum Gasteiger partial charge on any atom is -0.494 e. The van der Waals surface area contributed by atoms with Crippen LogP contribution in [0.25, 0.3) is 11.0 Å². The maximum absolute atomic E-state index is 12.4. The van der Waals surface area contributed by atoms with E-state index in [1.807, 2.05) is 33.8 Å². The number of nitrogens with zero attached hydrogens (tertiary/aromatic N) is 1. The summed E-state index contributed by atoms with van der Waals surface area (Å²) in [5, 5.41) is 5.20. The van der Waals surface area contributed by atoms with E-state index < -0.39 is 5.91 Å². The van der Waals surface area contributed by atoms with E-state index >= 15 is 0 Å². The van der Waals surface area contributed by atoms with E-state index in [0.29, 0.717) is 46.6 Å². The molecule has 0 saturated heterocycles. The Bertz CT molecular complexity index is 1110. The largest absolute Gasteiger partial charge is 0.494 e. The van der Waals surface area contributed by atoms with Gasteiger partial charge in [0.15, 0.2) is 17.3 Å². The van der Waals surface area contributed by atoms with Gasteiger partial charge in [0.1, 0.15) is 11.3 Å². The summed E-state index contributed by atoms with van der Waals surface area (Å²) in [6, 6.07) is 10.5. The lowest BCUT2D eigenvalue weighted by Crippen LogP contribution is -2.16. The third-order valence-corrected chi connectivity index (χ3v) is 4.91. The molecule has 0 aliphatic rings. The van der Waals surface area contributed by atoms with Gasteiger partial charge < -0.3 is 18.6 Å². The molecule has 32 heavy (non-hydrogen) atoms. The summed E-state index contributed by atoms with van der Waals surface area (Å²) in [6.45, 7) is 8.81. The minimum absolute atomic E-state index is 0.000986. The molecule has 1 amide bonds. The highest BCUT2D eigenvalue weighted by Crippen LogP contribution is 2.37. The predicted molar refractivity (Wildman–Crippen MR) is 125 cm³/mol. The Morgan fingerprint density at radius 2 is 1.94 bits per heavy atom. The molecule has 170 valence electrons. The van der Waals surface area contributed by atoms with Crippen molar-refractivity contribution < 1.29 is 23.4 Å². The summed E-state index contributed by atoms with van der Waals surface area (Å²) in [7, 11) is 0. The number of fused-ring (bicyclic) bond motifs is 1. The molecule has 1 heterocycles. The van der Waals surface area contributed by atoms with Crippen LogP contribution < -0.4 is 19.6 Å². The summed E-state index contributed by atoms with van der Waals surface area (Å²) in [5.41, 5.74) is 3.71. The molecule has 3 aromatic rings. The fraction of sp³-hybridized carbons (Fsp3) is 0.333. The summed E-state index contributed by atoms with van der Waals surface area (Å²) in [6.07, 6.45) is 2.32. The number of hydrogen-bond acceptors (Lipinski definition) is 6. The lowest BCUT2D eigenvalue weighted by molar-refractivity contribution is 0.0929. The normalized spacial score (nSPS) is 12.2. The monoisotopic (exact) mass is 458 g/mol. The molecular formula is C24H27ClN2O5. The second kappa shape index (κ2) is 10.9. The number of benzene rings is 2. The third-order valence-electron chi connectivity index (χ3n) is 4.63. The molecule has 0 spiro atoms. The summed E-state index contributed by atoms with van der Waals surface area (Å²) >= 11 is 6.41. The SMILES string of the molecule is CCOc1ccc2oc(C(=O)N/N=C/c3cc(Cl)c(O[C@@H](C)CC)c(OCC)c3)cc2c1. The molecule has 0 radical (unpaired) electrons. The van der Waals surface area contributed by atoms with Gasteiger partial charge in [-0.05, 0) is 69.2 Å². The number of carbonyl (C=O) groups excluding carboxylic acids is 1. The van der Waals surface area contributed by atoms with Crippen LogP contribution in [0.1, 0.15) is 50.2 Å². The first-order chi connectivity index (χ1) is 15.4. The molecule has 0 fully saturated rings. The summed E-state index contributed by atoms with van der Waals surface area (Å²) in [4.78, 5) is 12.4. The van der Waals surface area contributed by atoms with Crippen LogP contribution >= 0.6 is 11.6 Å². The van der Waals surface area contributed by atoms with Crippen molar-refractivity contribution in [2.24, 2.45) is 5.10 Å². The van der Waals surface area contributed by atoms with Crippen molar-refractivity contribution in [3.8, 4) is 17.2 Å². The van der Waals surface area contributed by atoms with Crippen molar-refractivity contribution in [3.05, 3.63) is 52.7 Å². The van der Waals surface area contributed by atoms with Gasteiger partial charge in [0.25, 0.3) is 0 Å². The number of hydrazone groups is 1. The molecule has 2 aromatic carbocycles. The molecule has 1 atom stereocenters. The van der Waals surface area contributed by atoms with Crippen molar-refractivity contribution in [2.75, 3.05) is 13.2 Å². The zero-order valence-corrected chi connectivity index (χ0v) is 19.4. The average molecular weight is 459 g/mol. The van der Waals surface area contributed by atoms with Gasteiger partial charge in [-0.2, -0.15) is 5.10 Å². The highest BCUT2D eigenvalue weighted by atomic mass is 35.5. The topological polar surface area (TPSA) is 82.3 Å². The van der Waals surface area contributed by atoms with E-state index in [2.05, 4.69) is 10.5 Å². The molecule has 7 nitrogen and oxygen atoms in total. The first kappa shape index (κ1) is 23.5. The smallest absolute Gasteiger partial charge is 0.307 e. The summed E-state index contributed by atoms with van der Waals surface area (Å²) in [5.74, 6) is 1.42. The van der Waals surface area contributed by atoms with Crippen LogP contribution in [0.5, 0.6) is 17.2 Å². The number of nitrogens with one attached hydrogen (secondary N) is 1. The number of hydrogen-bond donors (Lipinski definition) is 1. The number of ether oxygens (including phenoxy) is 3. The molecule has 0 saturated carbocycles. The van der Waals surface area contributed by atoms with Gasteiger partial charge in [0.2, 0.25) is 0 Å². The van der Waals surface area contributed by atoms with E-state index in [9.17, 15) is 4.79 Å². The van der Waals surface area contributed by atoms with Crippen molar-refractivity contribution in [2.45, 2.75) is 40.2 Å². The molecule has 0 aliphatic heterocycles. The molecule has 0 bridgehead atoms. The standard InChI is InChI=1S/C24H27ClN2O5/c1-5-15(4)31-23-19(25)10-16(11-21(23)30-7-3)14-26-27-24(28)22-13-17-12-18(29-6-2)8-9-20(17)32-22/h8-15H,5-7H2,1-4H3,(H,27,28)/b26-14+/t15-/m0/s1. The van der Waals surface area contributed by atoms with E-state index in [1.54, 1.807) is 30.3 Å². The molecule has 3 rings (SSSR count). The van der Waals surface area contributed by atoms with Gasteiger partial charge in [0.05, 0.1) is 30.6 Å². The Labute approximate surface area is 192 Å². The first-order valence-corrected chi connectivity index (χ1v) is 11.0. The van der Waals surface area contributed by atoms with Gasteiger partial charge in [-0.1, -0.05) is 18.5 Å². The molecule has 0 aliphatic carbocycles. The minimum atomic E-state index is -0.469. The molecule has 8 heteroatoms. The van der Waals surface area contributed by atoms with Crippen LogP contribution in [0, 0.1) is 0 Å². The Balaban J connectivity index is 1.73. The number of amides is 1. The van der Waals surface area contributed by atoms with Gasteiger partial charge in [-0.25, -0.2) is 5.43 Å². The van der Waals surface area contributed by atoms with Crippen LogP contribution in [0.3, 0.4) is 0 Å². The van der Waals surface area contributed by atoms with Crippen molar-refractivity contribution in [1.29, 1.82) is 0 Å². The van der Waals surface area contributed by atoms with E-state index in [0.717, 1.165) is 11.8 Å². The van der Waals surface area contributed by atoms with E-state index in [1.165, 1.54) is 6.21 Å². The van der Waals surface area contributed by atoms with Crippen LogP contribution in [-0.4, -0.2) is 31.4 Å². The fourth-order valence-corrected chi connectivity index (χ4v) is 3.20. The van der Waals surface area contributed by atoms with Gasteiger partial charge in [-0.3, -0.25) is 4.79 Å². The van der Waals surface area contributed by atoms with Crippen LogP contribution in [-0.2, 0) is 0 Å². The highest BCUT2D eigenvalue weighted by molar-refractivity contribution is 6.32. The van der Waals surface area contributed by atoms with Gasteiger partial charge in [-0.15, -0.1) is 0 Å². The maximum atomic E-state index is 12.4. The quantitative estimate of drug-likeness (QED) is 0.305. The van der Waals surface area contributed by atoms with Crippen molar-refractivity contribution >= 4 is 34.7 Å². The Morgan fingerprint density at radius 1 is 1.16 bits per heavy atom. The lowest BCUT2D eigenvalue weighted by atomic mass is 10.2. The maximum Gasteiger partial charge on any atom is 0.307 e. The van der Waals surface area contributed by atoms with Crippen LogP contribution in [0.2, 0.25) is 5.02 Å². The van der Waals surface area contributed by atoms with Crippen molar-refractivity contribution in [1.82, 2.24) is 5.43 Å². The fourth-order valence-electron chi connectivity index (χ4n) is 2.93. The highest BCUT2D eigenvalue weighted by Gasteiger charge is 2.15. The number of halogens is 1. The Morgan fingerprint density at radius 3 is 2.66 bits per heavy atom. The molecular weight excluding hydrogens is 432 g/mol. The zero-order valence-electron chi connectivity index (χ0n) is 18.6. The average Bonchev–Trinajstić information content (AvgIpc) is 3.20. The first-order valence-electron chi connectivity index (χ1n) is 10.6. The second-order valence-corrected chi connectivity index (χ2v) is 7.45. The number of furan rings is 1. The van der Waals surface area contributed by atoms with Crippen molar-refractivity contribution in [3.63, 3.8) is 0 Å². The Hall–Kier alpha value is -3.19. The van der Waals surface area contributed by atoms with E-state index in [-0.39, 0.29) is 11.9 Å². The predicted octanol–water partition coefficient (Wildman–Crippen LogP) is 5.82. The number of carbonyl (C=O) groups is 1. The Kier molecular flexibility index (Phi) is 8.00. The molecule has 1 N–H and O–H groups in total.